The van der Waals surface area contributed by atoms with Gasteiger partial charge in [-0.05, 0) is 6.92 Å². The number of aromatic nitrogens is 2. The summed E-state index contributed by atoms with van der Waals surface area (Å²) in [7, 11) is 1.53. The molecule has 0 aliphatic rings. The van der Waals surface area contributed by atoms with Crippen LogP contribution in [-0.2, 0) is 11.3 Å². The van der Waals surface area contributed by atoms with Crippen LogP contribution in [0.5, 0.6) is 5.88 Å². The Bertz CT molecular complexity index is 378. The van der Waals surface area contributed by atoms with Crippen LogP contribution >= 0.6 is 0 Å². The lowest BCUT2D eigenvalue weighted by Crippen LogP contribution is -2.30. The van der Waals surface area contributed by atoms with Gasteiger partial charge in [0.15, 0.2) is 0 Å². The van der Waals surface area contributed by atoms with Crippen molar-refractivity contribution in [2.45, 2.75) is 13.5 Å². The third-order valence-electron chi connectivity index (χ3n) is 2.18. The summed E-state index contributed by atoms with van der Waals surface area (Å²) < 4.78 is 11.5. The first-order valence-corrected chi connectivity index (χ1v) is 5.68. The number of nitrogens with one attached hydrogen (secondary N) is 1. The SMILES string of the molecule is CCOCCNCCn1nc(OC)ccc1=O. The summed E-state index contributed by atoms with van der Waals surface area (Å²) in [5.74, 6) is 0.443. The van der Waals surface area contributed by atoms with Crippen molar-refractivity contribution in [2.24, 2.45) is 0 Å². The zero-order valence-corrected chi connectivity index (χ0v) is 10.3. The highest BCUT2D eigenvalue weighted by molar-refractivity contribution is 5.05. The first kappa shape index (κ1) is 13.7. The maximum absolute atomic E-state index is 11.4. The summed E-state index contributed by atoms with van der Waals surface area (Å²) in [6, 6.07) is 3.01. The van der Waals surface area contributed by atoms with Gasteiger partial charge in [-0.3, -0.25) is 4.79 Å². The van der Waals surface area contributed by atoms with E-state index in [1.807, 2.05) is 6.92 Å². The summed E-state index contributed by atoms with van der Waals surface area (Å²) in [5, 5.41) is 7.20. The fourth-order valence-corrected chi connectivity index (χ4v) is 1.30. The molecular formula is C11H19N3O3. The van der Waals surface area contributed by atoms with Crippen LogP contribution < -0.4 is 15.6 Å². The number of rotatable bonds is 8. The molecule has 96 valence electrons. The minimum atomic E-state index is -0.127. The highest BCUT2D eigenvalue weighted by Gasteiger charge is 1.99. The van der Waals surface area contributed by atoms with Crippen molar-refractivity contribution in [1.29, 1.82) is 0 Å². The van der Waals surface area contributed by atoms with Crippen molar-refractivity contribution < 1.29 is 9.47 Å². The summed E-state index contributed by atoms with van der Waals surface area (Å²) in [5.41, 5.74) is -0.127. The fourth-order valence-electron chi connectivity index (χ4n) is 1.30. The lowest BCUT2D eigenvalue weighted by atomic mass is 10.5. The highest BCUT2D eigenvalue weighted by Crippen LogP contribution is 1.98. The van der Waals surface area contributed by atoms with Gasteiger partial charge in [0.2, 0.25) is 5.88 Å². The highest BCUT2D eigenvalue weighted by atomic mass is 16.5. The summed E-state index contributed by atoms with van der Waals surface area (Å²) in [6.07, 6.45) is 0. The molecule has 1 N–H and O–H groups in total. The topological polar surface area (TPSA) is 65.4 Å². The lowest BCUT2D eigenvalue weighted by Gasteiger charge is -2.07. The standard InChI is InChI=1S/C11H19N3O3/c1-3-17-9-7-12-6-8-14-11(15)5-4-10(13-14)16-2/h4-5,12H,3,6-9H2,1-2H3. The van der Waals surface area contributed by atoms with Gasteiger partial charge in [-0.1, -0.05) is 0 Å². The van der Waals surface area contributed by atoms with Gasteiger partial charge >= 0.3 is 0 Å². The average molecular weight is 241 g/mol. The van der Waals surface area contributed by atoms with Gasteiger partial charge in [-0.2, -0.15) is 0 Å². The molecule has 17 heavy (non-hydrogen) atoms. The molecule has 0 fully saturated rings. The largest absolute Gasteiger partial charge is 0.480 e. The predicted molar refractivity (Wildman–Crippen MR) is 64.4 cm³/mol. The quantitative estimate of drug-likeness (QED) is 0.643. The third-order valence-corrected chi connectivity index (χ3v) is 2.18. The molecule has 6 heteroatoms. The number of hydrogen-bond donors (Lipinski definition) is 1. The molecule has 0 aromatic carbocycles. The summed E-state index contributed by atoms with van der Waals surface area (Å²) in [6.45, 7) is 5.32. The average Bonchev–Trinajstić information content (AvgIpc) is 2.35. The van der Waals surface area contributed by atoms with E-state index in [9.17, 15) is 4.79 Å². The maximum atomic E-state index is 11.4. The molecule has 1 aromatic rings. The van der Waals surface area contributed by atoms with Crippen molar-refractivity contribution in [3.05, 3.63) is 22.5 Å². The van der Waals surface area contributed by atoms with Crippen LogP contribution in [-0.4, -0.2) is 43.2 Å². The molecule has 0 radical (unpaired) electrons. The molecule has 0 spiro atoms. The molecule has 1 aromatic heterocycles. The molecule has 0 amide bonds. The van der Waals surface area contributed by atoms with Gasteiger partial charge < -0.3 is 14.8 Å². The van der Waals surface area contributed by atoms with Gasteiger partial charge in [-0.25, -0.2) is 4.68 Å². The summed E-state index contributed by atoms with van der Waals surface area (Å²) >= 11 is 0. The molecule has 1 heterocycles. The van der Waals surface area contributed by atoms with Gasteiger partial charge in [0, 0.05) is 31.8 Å². The van der Waals surface area contributed by atoms with Crippen molar-refractivity contribution in [3.8, 4) is 5.88 Å². The zero-order chi connectivity index (χ0) is 12.5. The monoisotopic (exact) mass is 241 g/mol. The number of methoxy groups -OCH3 is 1. The van der Waals surface area contributed by atoms with Crippen LogP contribution in [0.15, 0.2) is 16.9 Å². The van der Waals surface area contributed by atoms with Gasteiger partial charge in [0.1, 0.15) is 0 Å². The van der Waals surface area contributed by atoms with Crippen LogP contribution in [0.1, 0.15) is 6.92 Å². The van der Waals surface area contributed by atoms with E-state index in [4.69, 9.17) is 9.47 Å². The van der Waals surface area contributed by atoms with Crippen molar-refractivity contribution >= 4 is 0 Å². The van der Waals surface area contributed by atoms with Crippen molar-refractivity contribution in [1.82, 2.24) is 15.1 Å². The maximum Gasteiger partial charge on any atom is 0.267 e. The second kappa shape index (κ2) is 7.81. The van der Waals surface area contributed by atoms with Crippen LogP contribution in [0.3, 0.4) is 0 Å². The summed E-state index contributed by atoms with van der Waals surface area (Å²) in [4.78, 5) is 11.4. The Labute approximate surface area is 101 Å². The number of hydrogen-bond acceptors (Lipinski definition) is 5. The van der Waals surface area contributed by atoms with E-state index in [1.165, 1.54) is 17.9 Å². The van der Waals surface area contributed by atoms with Crippen LogP contribution in [0.25, 0.3) is 0 Å². The zero-order valence-electron chi connectivity index (χ0n) is 10.3. The predicted octanol–water partition coefficient (Wildman–Crippen LogP) is -0.122. The van der Waals surface area contributed by atoms with E-state index in [0.717, 1.165) is 13.2 Å². The van der Waals surface area contributed by atoms with E-state index in [2.05, 4.69) is 10.4 Å². The minimum absolute atomic E-state index is 0.127. The fraction of sp³-hybridized carbons (Fsp3) is 0.636. The van der Waals surface area contributed by atoms with E-state index in [-0.39, 0.29) is 5.56 Å². The minimum Gasteiger partial charge on any atom is -0.480 e. The first-order chi connectivity index (χ1) is 8.27. The van der Waals surface area contributed by atoms with E-state index in [1.54, 1.807) is 6.07 Å². The van der Waals surface area contributed by atoms with E-state index >= 15 is 0 Å². The number of nitrogens with zero attached hydrogens (tertiary/aromatic N) is 2. The Kier molecular flexibility index (Phi) is 6.27. The Morgan fingerprint density at radius 2 is 2.24 bits per heavy atom. The number of ether oxygens (including phenoxy) is 2. The Hall–Kier alpha value is -1.40. The molecule has 0 saturated heterocycles. The van der Waals surface area contributed by atoms with E-state index < -0.39 is 0 Å². The Morgan fingerprint density at radius 1 is 1.41 bits per heavy atom. The molecule has 0 bridgehead atoms. The Balaban J connectivity index is 2.33. The molecule has 0 aliphatic carbocycles. The molecule has 6 nitrogen and oxygen atoms in total. The molecular weight excluding hydrogens is 222 g/mol. The molecule has 0 atom stereocenters. The first-order valence-electron chi connectivity index (χ1n) is 5.68. The van der Waals surface area contributed by atoms with Crippen LogP contribution in [0.2, 0.25) is 0 Å². The van der Waals surface area contributed by atoms with Crippen LogP contribution in [0.4, 0.5) is 0 Å². The Morgan fingerprint density at radius 3 is 2.94 bits per heavy atom. The van der Waals surface area contributed by atoms with Crippen LogP contribution in [0, 0.1) is 0 Å². The second-order valence-electron chi connectivity index (χ2n) is 3.38. The molecule has 0 aliphatic heterocycles. The molecule has 0 saturated carbocycles. The van der Waals surface area contributed by atoms with Crippen molar-refractivity contribution in [3.63, 3.8) is 0 Å². The second-order valence-corrected chi connectivity index (χ2v) is 3.38. The van der Waals surface area contributed by atoms with Gasteiger partial charge in [0.05, 0.1) is 20.3 Å². The normalized spacial score (nSPS) is 10.5. The van der Waals surface area contributed by atoms with Gasteiger partial charge in [0.25, 0.3) is 5.56 Å². The smallest absolute Gasteiger partial charge is 0.267 e. The lowest BCUT2D eigenvalue weighted by molar-refractivity contribution is 0.149. The van der Waals surface area contributed by atoms with Gasteiger partial charge in [-0.15, -0.1) is 5.10 Å². The van der Waals surface area contributed by atoms with E-state index in [0.29, 0.717) is 25.6 Å². The molecule has 1 rings (SSSR count). The van der Waals surface area contributed by atoms with Crippen molar-refractivity contribution in [2.75, 3.05) is 33.4 Å². The molecule has 0 unspecified atom stereocenters. The third kappa shape index (κ3) is 4.97.